The molecule has 0 spiro atoms. The quantitative estimate of drug-likeness (QED) is 0.225. The largest absolute Gasteiger partial charge is 0.422 e. The smallest absolute Gasteiger partial charge is 0.349 e. The fraction of sp³-hybridized carbons (Fsp3) is 0.0357. The maximum absolute atomic E-state index is 13.9. The fourth-order valence-corrected chi connectivity index (χ4v) is 5.10. The molecular weight excluding hydrogens is 444 g/mol. The van der Waals surface area contributed by atoms with Gasteiger partial charge >= 0.3 is 5.63 Å². The van der Waals surface area contributed by atoms with E-state index in [1.807, 2.05) is 84.9 Å². The van der Waals surface area contributed by atoms with Gasteiger partial charge < -0.3 is 4.42 Å². The Morgan fingerprint density at radius 2 is 1.62 bits per heavy atom. The number of carbonyl (C=O) groups excluding carboxylic acids is 1. The van der Waals surface area contributed by atoms with E-state index in [9.17, 15) is 9.59 Å². The summed E-state index contributed by atoms with van der Waals surface area (Å²) in [6, 6.07) is 30.6. The van der Waals surface area contributed by atoms with Crippen LogP contribution < -0.4 is 10.5 Å². The molecule has 0 saturated carbocycles. The fourth-order valence-electron chi connectivity index (χ4n) is 4.13. The molecular formula is C28H18N2O3S. The van der Waals surface area contributed by atoms with Crippen LogP contribution in [-0.2, 0) is 6.54 Å². The molecule has 0 radical (unpaired) electrons. The molecule has 6 rings (SSSR count). The summed E-state index contributed by atoms with van der Waals surface area (Å²) in [6.45, 7) is 0.284. The maximum Gasteiger partial charge on any atom is 0.349 e. The molecule has 0 atom stereocenters. The number of rotatable bonds is 4. The maximum atomic E-state index is 13.9. The SMILES string of the molecule is O=C(c1cc2c(ccc3ccccc32)oc1=O)N(Cc1ccccc1)c1nc2ccccc2s1. The lowest BCUT2D eigenvalue weighted by Crippen LogP contribution is -2.33. The van der Waals surface area contributed by atoms with Crippen molar-refractivity contribution < 1.29 is 9.21 Å². The van der Waals surface area contributed by atoms with Gasteiger partial charge in [-0.25, -0.2) is 9.78 Å². The van der Waals surface area contributed by atoms with Crippen LogP contribution in [-0.4, -0.2) is 10.9 Å². The number of anilines is 1. The van der Waals surface area contributed by atoms with Crippen LogP contribution in [0.1, 0.15) is 15.9 Å². The van der Waals surface area contributed by atoms with E-state index in [4.69, 9.17) is 4.42 Å². The second kappa shape index (κ2) is 8.24. The zero-order valence-electron chi connectivity index (χ0n) is 18.0. The third kappa shape index (κ3) is 3.54. The Kier molecular flexibility index (Phi) is 4.93. The summed E-state index contributed by atoms with van der Waals surface area (Å²) in [5.41, 5.74) is 1.52. The van der Waals surface area contributed by atoms with Crippen LogP contribution in [0.5, 0.6) is 0 Å². The number of benzene rings is 4. The van der Waals surface area contributed by atoms with Gasteiger partial charge in [-0.2, -0.15) is 0 Å². The number of thiazole rings is 1. The van der Waals surface area contributed by atoms with Gasteiger partial charge in [0, 0.05) is 5.39 Å². The normalized spacial score (nSPS) is 11.3. The molecule has 0 saturated heterocycles. The van der Waals surface area contributed by atoms with Crippen molar-refractivity contribution in [2.45, 2.75) is 6.54 Å². The summed E-state index contributed by atoms with van der Waals surface area (Å²) in [7, 11) is 0. The summed E-state index contributed by atoms with van der Waals surface area (Å²) in [6.07, 6.45) is 0. The Morgan fingerprint density at radius 3 is 2.47 bits per heavy atom. The molecule has 164 valence electrons. The lowest BCUT2D eigenvalue weighted by molar-refractivity contribution is 0.0981. The molecule has 4 aromatic carbocycles. The summed E-state index contributed by atoms with van der Waals surface area (Å²) >= 11 is 1.42. The number of para-hydroxylation sites is 1. The van der Waals surface area contributed by atoms with E-state index in [1.165, 1.54) is 11.3 Å². The molecule has 5 nitrogen and oxygen atoms in total. The molecule has 1 amide bonds. The first-order chi connectivity index (χ1) is 16.7. The molecule has 6 aromatic rings. The second-order valence-electron chi connectivity index (χ2n) is 7.99. The van der Waals surface area contributed by atoms with Crippen molar-refractivity contribution in [3.8, 4) is 0 Å². The van der Waals surface area contributed by atoms with Gasteiger partial charge in [-0.3, -0.25) is 9.69 Å². The first-order valence-electron chi connectivity index (χ1n) is 10.8. The summed E-state index contributed by atoms with van der Waals surface area (Å²) < 4.78 is 6.57. The Labute approximate surface area is 198 Å². The van der Waals surface area contributed by atoms with Gasteiger partial charge in [-0.15, -0.1) is 0 Å². The van der Waals surface area contributed by atoms with E-state index in [2.05, 4.69) is 4.98 Å². The van der Waals surface area contributed by atoms with Crippen LogP contribution in [0.15, 0.2) is 106 Å². The van der Waals surface area contributed by atoms with Gasteiger partial charge in [0.2, 0.25) is 0 Å². The first-order valence-corrected chi connectivity index (χ1v) is 11.7. The van der Waals surface area contributed by atoms with Crippen LogP contribution in [0.4, 0.5) is 5.13 Å². The molecule has 2 aromatic heterocycles. The Hall–Kier alpha value is -4.29. The minimum Gasteiger partial charge on any atom is -0.422 e. The lowest BCUT2D eigenvalue weighted by Gasteiger charge is -2.20. The van der Waals surface area contributed by atoms with Gasteiger partial charge in [0.05, 0.1) is 16.8 Å². The molecule has 0 N–H and O–H groups in total. The third-order valence-electron chi connectivity index (χ3n) is 5.81. The third-order valence-corrected chi connectivity index (χ3v) is 6.87. The number of carbonyl (C=O) groups is 1. The second-order valence-corrected chi connectivity index (χ2v) is 9.00. The monoisotopic (exact) mass is 462 g/mol. The van der Waals surface area contributed by atoms with Crippen molar-refractivity contribution in [2.75, 3.05) is 4.90 Å². The van der Waals surface area contributed by atoms with E-state index in [0.717, 1.165) is 31.9 Å². The van der Waals surface area contributed by atoms with Crippen LogP contribution in [0.3, 0.4) is 0 Å². The Bertz CT molecular complexity index is 1700. The summed E-state index contributed by atoms with van der Waals surface area (Å²) in [5, 5.41) is 3.19. The number of fused-ring (bicyclic) bond motifs is 4. The summed E-state index contributed by atoms with van der Waals surface area (Å²) in [5.74, 6) is -0.438. The topological polar surface area (TPSA) is 63.4 Å². The van der Waals surface area contributed by atoms with Gasteiger partial charge in [-0.05, 0) is 40.6 Å². The summed E-state index contributed by atoms with van der Waals surface area (Å²) in [4.78, 5) is 33.0. The zero-order valence-corrected chi connectivity index (χ0v) is 18.8. The highest BCUT2D eigenvalue weighted by Gasteiger charge is 2.25. The number of hydrogen-bond donors (Lipinski definition) is 0. The minimum atomic E-state index is -0.660. The highest BCUT2D eigenvalue weighted by molar-refractivity contribution is 7.22. The van der Waals surface area contributed by atoms with Crippen LogP contribution >= 0.6 is 11.3 Å². The van der Waals surface area contributed by atoms with Crippen molar-refractivity contribution in [1.29, 1.82) is 0 Å². The van der Waals surface area contributed by atoms with E-state index in [0.29, 0.717) is 10.7 Å². The van der Waals surface area contributed by atoms with Gasteiger partial charge in [-0.1, -0.05) is 84.1 Å². The predicted octanol–water partition coefficient (Wildman–Crippen LogP) is 6.40. The van der Waals surface area contributed by atoms with Crippen LogP contribution in [0.2, 0.25) is 0 Å². The molecule has 6 heteroatoms. The van der Waals surface area contributed by atoms with Crippen LogP contribution in [0.25, 0.3) is 32.0 Å². The molecule has 0 aliphatic rings. The van der Waals surface area contributed by atoms with E-state index in [-0.39, 0.29) is 12.1 Å². The molecule has 0 bridgehead atoms. The van der Waals surface area contributed by atoms with E-state index in [1.54, 1.807) is 17.0 Å². The van der Waals surface area contributed by atoms with Crippen molar-refractivity contribution in [3.63, 3.8) is 0 Å². The van der Waals surface area contributed by atoms with Crippen molar-refractivity contribution >= 4 is 54.3 Å². The molecule has 34 heavy (non-hydrogen) atoms. The highest BCUT2D eigenvalue weighted by atomic mass is 32.1. The van der Waals surface area contributed by atoms with Gasteiger partial charge in [0.15, 0.2) is 5.13 Å². The lowest BCUT2D eigenvalue weighted by atomic mass is 10.0. The average Bonchev–Trinajstić information content (AvgIpc) is 3.31. The number of nitrogens with zero attached hydrogens (tertiary/aromatic N) is 2. The van der Waals surface area contributed by atoms with Crippen molar-refractivity contribution in [1.82, 2.24) is 4.98 Å². The first kappa shape index (κ1) is 20.3. The number of amides is 1. The molecule has 0 aliphatic heterocycles. The van der Waals surface area contributed by atoms with Crippen molar-refractivity contribution in [3.05, 3.63) is 119 Å². The zero-order chi connectivity index (χ0) is 23.1. The standard InChI is InChI=1S/C28H18N2O3S/c31-26(22-16-21-20-11-5-4-10-19(20)14-15-24(21)33-27(22)32)30(17-18-8-2-1-3-9-18)28-29-23-12-6-7-13-25(23)34-28/h1-16H,17H2. The van der Waals surface area contributed by atoms with E-state index < -0.39 is 11.5 Å². The van der Waals surface area contributed by atoms with Gasteiger partial charge in [0.1, 0.15) is 11.1 Å². The predicted molar refractivity (Wildman–Crippen MR) is 137 cm³/mol. The van der Waals surface area contributed by atoms with Crippen molar-refractivity contribution in [2.24, 2.45) is 0 Å². The van der Waals surface area contributed by atoms with E-state index >= 15 is 0 Å². The average molecular weight is 463 g/mol. The van der Waals surface area contributed by atoms with Gasteiger partial charge in [0.25, 0.3) is 5.91 Å². The Morgan fingerprint density at radius 1 is 0.853 bits per heavy atom. The molecule has 2 heterocycles. The number of aromatic nitrogens is 1. The van der Waals surface area contributed by atoms with Crippen LogP contribution in [0, 0.1) is 0 Å². The Balaban J connectivity index is 1.52. The molecule has 0 unspecified atom stereocenters. The number of hydrogen-bond acceptors (Lipinski definition) is 5. The minimum absolute atomic E-state index is 0.0148. The highest BCUT2D eigenvalue weighted by Crippen LogP contribution is 2.31. The molecule has 0 fully saturated rings. The molecule has 0 aliphatic carbocycles.